The first-order valence-electron chi connectivity index (χ1n) is 14.4. The summed E-state index contributed by atoms with van der Waals surface area (Å²) in [7, 11) is -1.85. The largest absolute Gasteiger partial charge is 0.475 e. The van der Waals surface area contributed by atoms with E-state index < -0.39 is 14.1 Å². The number of aryl methyl sites for hydroxylation is 2. The van der Waals surface area contributed by atoms with Gasteiger partial charge in [-0.05, 0) is 54.6 Å². The van der Waals surface area contributed by atoms with Gasteiger partial charge in [0, 0.05) is 17.5 Å². The van der Waals surface area contributed by atoms with Crippen molar-refractivity contribution in [3.05, 3.63) is 81.7 Å². The molecule has 2 aromatic carbocycles. The lowest BCUT2D eigenvalue weighted by atomic mass is 9.96. The number of unbranched alkanes of at least 4 members (excludes halogenated alkanes) is 1. The highest BCUT2D eigenvalue weighted by atomic mass is 28.4. The van der Waals surface area contributed by atoms with E-state index in [0.717, 1.165) is 58.6 Å². The second kappa shape index (κ2) is 13.0. The van der Waals surface area contributed by atoms with E-state index in [2.05, 4.69) is 75.2 Å². The third kappa shape index (κ3) is 7.59. The van der Waals surface area contributed by atoms with Gasteiger partial charge in [0.15, 0.2) is 14.1 Å². The molecule has 0 aliphatic heterocycles. The van der Waals surface area contributed by atoms with E-state index in [1.165, 1.54) is 0 Å². The molecule has 0 aliphatic carbocycles. The fraction of sp³-hybridized carbons (Fsp3) is 0.438. The van der Waals surface area contributed by atoms with Crippen molar-refractivity contribution in [1.29, 1.82) is 0 Å². The summed E-state index contributed by atoms with van der Waals surface area (Å²) in [5, 5.41) is 4.02. The van der Waals surface area contributed by atoms with E-state index >= 15 is 0 Å². The Morgan fingerprint density at radius 3 is 2.32 bits per heavy atom. The molecule has 4 rings (SSSR count). The standard InChI is InChI=1S/C32H42N4O4Si/c1-8-9-14-28-27(30(34-22(2)33-28)38-19-20-39-41(6,7)32(3,4)5)21-23-15-17-24(18-16-23)25-12-10-11-13-26(25)29-35-31(37)40-36-29/h10-13,15-18H,8-9,14,19-21H2,1-7H3,(H,35,36,37). The van der Waals surface area contributed by atoms with Gasteiger partial charge in [0.05, 0.1) is 12.3 Å². The Morgan fingerprint density at radius 2 is 1.68 bits per heavy atom. The number of nitrogens with one attached hydrogen (secondary N) is 1. The molecule has 218 valence electrons. The van der Waals surface area contributed by atoms with Gasteiger partial charge in [-0.3, -0.25) is 9.51 Å². The molecule has 41 heavy (non-hydrogen) atoms. The lowest BCUT2D eigenvalue weighted by Crippen LogP contribution is -2.41. The minimum Gasteiger partial charge on any atom is -0.475 e. The van der Waals surface area contributed by atoms with E-state index in [0.29, 0.717) is 31.3 Å². The van der Waals surface area contributed by atoms with Crippen LogP contribution in [0.5, 0.6) is 5.88 Å². The Hall–Kier alpha value is -3.56. The summed E-state index contributed by atoms with van der Waals surface area (Å²) in [4.78, 5) is 23.7. The van der Waals surface area contributed by atoms with Gasteiger partial charge in [-0.2, -0.15) is 4.98 Å². The highest BCUT2D eigenvalue weighted by Crippen LogP contribution is 2.36. The summed E-state index contributed by atoms with van der Waals surface area (Å²) in [5.41, 5.74) is 5.98. The van der Waals surface area contributed by atoms with Gasteiger partial charge in [0.1, 0.15) is 12.4 Å². The zero-order valence-corrected chi connectivity index (χ0v) is 26.3. The van der Waals surface area contributed by atoms with Crippen molar-refractivity contribution in [2.24, 2.45) is 0 Å². The van der Waals surface area contributed by atoms with Crippen molar-refractivity contribution < 1.29 is 13.7 Å². The predicted molar refractivity (Wildman–Crippen MR) is 165 cm³/mol. The van der Waals surface area contributed by atoms with Gasteiger partial charge in [-0.15, -0.1) is 0 Å². The highest BCUT2D eigenvalue weighted by molar-refractivity contribution is 6.74. The predicted octanol–water partition coefficient (Wildman–Crippen LogP) is 7.13. The third-order valence-electron chi connectivity index (χ3n) is 7.79. The molecule has 0 atom stereocenters. The van der Waals surface area contributed by atoms with Crippen LogP contribution in [0, 0.1) is 6.92 Å². The van der Waals surface area contributed by atoms with Crippen LogP contribution in [0.25, 0.3) is 22.5 Å². The van der Waals surface area contributed by atoms with Crippen LogP contribution in [0.1, 0.15) is 63.2 Å². The number of benzene rings is 2. The van der Waals surface area contributed by atoms with E-state index in [1.807, 2.05) is 31.2 Å². The summed E-state index contributed by atoms with van der Waals surface area (Å²) >= 11 is 0. The Morgan fingerprint density at radius 1 is 0.976 bits per heavy atom. The number of hydrogen-bond donors (Lipinski definition) is 1. The van der Waals surface area contributed by atoms with Crippen LogP contribution in [0.3, 0.4) is 0 Å². The number of rotatable bonds is 12. The fourth-order valence-corrected chi connectivity index (χ4v) is 5.45. The number of nitrogens with zero attached hydrogens (tertiary/aromatic N) is 3. The average Bonchev–Trinajstić information content (AvgIpc) is 3.37. The fourth-order valence-electron chi connectivity index (χ4n) is 4.42. The first kappa shape index (κ1) is 30.4. The van der Waals surface area contributed by atoms with E-state index in [-0.39, 0.29) is 5.04 Å². The van der Waals surface area contributed by atoms with Crippen molar-refractivity contribution in [3.63, 3.8) is 0 Å². The smallest absolute Gasteiger partial charge is 0.439 e. The molecule has 0 spiro atoms. The van der Waals surface area contributed by atoms with Crippen LogP contribution in [0.4, 0.5) is 0 Å². The van der Waals surface area contributed by atoms with Gasteiger partial charge >= 0.3 is 5.76 Å². The maximum atomic E-state index is 11.5. The molecule has 2 heterocycles. The van der Waals surface area contributed by atoms with Gasteiger partial charge in [0.25, 0.3) is 0 Å². The molecular weight excluding hydrogens is 532 g/mol. The van der Waals surface area contributed by atoms with Gasteiger partial charge < -0.3 is 9.16 Å². The van der Waals surface area contributed by atoms with Gasteiger partial charge in [-0.1, -0.05) is 87.8 Å². The molecule has 0 saturated heterocycles. The molecule has 2 aromatic heterocycles. The van der Waals surface area contributed by atoms with Crippen LogP contribution in [0.2, 0.25) is 18.1 Å². The van der Waals surface area contributed by atoms with Crippen molar-refractivity contribution in [1.82, 2.24) is 20.1 Å². The van der Waals surface area contributed by atoms with E-state index in [4.69, 9.17) is 23.7 Å². The summed E-state index contributed by atoms with van der Waals surface area (Å²) in [6, 6.07) is 16.2. The molecule has 0 aliphatic rings. The molecule has 1 N–H and O–H groups in total. The lowest BCUT2D eigenvalue weighted by Gasteiger charge is -2.36. The van der Waals surface area contributed by atoms with Crippen LogP contribution in [-0.2, 0) is 17.3 Å². The molecule has 0 fully saturated rings. The molecular formula is C32H42N4O4Si. The molecule has 9 heteroatoms. The third-order valence-corrected chi connectivity index (χ3v) is 12.3. The summed E-state index contributed by atoms with van der Waals surface area (Å²) in [6.07, 6.45) is 3.69. The summed E-state index contributed by atoms with van der Waals surface area (Å²) < 4.78 is 17.3. The number of aromatic nitrogens is 4. The number of aromatic amines is 1. The van der Waals surface area contributed by atoms with Crippen LogP contribution < -0.4 is 10.5 Å². The molecule has 0 radical (unpaired) electrons. The van der Waals surface area contributed by atoms with Crippen LogP contribution in [0.15, 0.2) is 57.8 Å². The molecule has 0 bridgehead atoms. The zero-order valence-electron chi connectivity index (χ0n) is 25.3. The van der Waals surface area contributed by atoms with Gasteiger partial charge in [0.2, 0.25) is 5.88 Å². The maximum absolute atomic E-state index is 11.5. The molecule has 8 nitrogen and oxygen atoms in total. The van der Waals surface area contributed by atoms with Crippen molar-refractivity contribution in [2.75, 3.05) is 13.2 Å². The monoisotopic (exact) mass is 574 g/mol. The molecule has 0 saturated carbocycles. The van der Waals surface area contributed by atoms with Crippen LogP contribution >= 0.6 is 0 Å². The topological polar surface area (TPSA) is 103 Å². The SMILES string of the molecule is CCCCc1nc(C)nc(OCCO[Si](C)(C)C(C)(C)C)c1Cc1ccc(-c2ccccc2-c2noc(=O)[nH]2)cc1. The maximum Gasteiger partial charge on any atom is 0.439 e. The molecule has 0 amide bonds. The summed E-state index contributed by atoms with van der Waals surface area (Å²) in [6.45, 7) is 16.3. The number of hydrogen-bond acceptors (Lipinski definition) is 7. The molecule has 0 unspecified atom stereocenters. The minimum atomic E-state index is -1.85. The van der Waals surface area contributed by atoms with E-state index in [1.54, 1.807) is 0 Å². The van der Waals surface area contributed by atoms with E-state index in [9.17, 15) is 4.79 Å². The Labute approximate surface area is 243 Å². The highest BCUT2D eigenvalue weighted by Gasteiger charge is 2.37. The van der Waals surface area contributed by atoms with Crippen molar-refractivity contribution in [3.8, 4) is 28.4 Å². The summed E-state index contributed by atoms with van der Waals surface area (Å²) in [5.74, 6) is 1.20. The number of ether oxygens (including phenoxy) is 1. The Bertz CT molecular complexity index is 1500. The number of H-pyrrole nitrogens is 1. The second-order valence-electron chi connectivity index (χ2n) is 11.9. The first-order chi connectivity index (χ1) is 19.5. The van der Waals surface area contributed by atoms with Crippen LogP contribution in [-0.4, -0.2) is 41.6 Å². The quantitative estimate of drug-likeness (QED) is 0.142. The molecule has 4 aromatic rings. The van der Waals surface area contributed by atoms with Crippen molar-refractivity contribution >= 4 is 8.32 Å². The van der Waals surface area contributed by atoms with Crippen molar-refractivity contribution in [2.45, 2.75) is 78.4 Å². The lowest BCUT2D eigenvalue weighted by molar-refractivity contribution is 0.197. The normalized spacial score (nSPS) is 12.1. The van der Waals surface area contributed by atoms with Gasteiger partial charge in [-0.25, -0.2) is 9.78 Å². The Balaban J connectivity index is 1.57. The zero-order chi connectivity index (χ0) is 29.6. The Kier molecular flexibility index (Phi) is 9.60. The minimum absolute atomic E-state index is 0.149. The first-order valence-corrected chi connectivity index (χ1v) is 17.3. The second-order valence-corrected chi connectivity index (χ2v) is 16.7. The average molecular weight is 575 g/mol.